The molecule has 154 valence electrons. The van der Waals surface area contributed by atoms with E-state index >= 15 is 0 Å². The van der Waals surface area contributed by atoms with E-state index in [0.717, 1.165) is 5.56 Å². The summed E-state index contributed by atoms with van der Waals surface area (Å²) < 4.78 is 10.6. The van der Waals surface area contributed by atoms with E-state index in [1.165, 1.54) is 0 Å². The molecule has 1 fully saturated rings. The Labute approximate surface area is 179 Å². The molecule has 0 unspecified atom stereocenters. The normalized spacial score (nSPS) is 13.9. The Morgan fingerprint density at radius 1 is 0.966 bits per heavy atom. The number of nitrogens with zero attached hydrogens (tertiary/aromatic N) is 2. The maximum absolute atomic E-state index is 12.8. The monoisotopic (exact) mass is 436 g/mol. The van der Waals surface area contributed by atoms with Crippen LogP contribution in [0.5, 0.6) is 11.5 Å². The Bertz CT molecular complexity index is 912. The first-order valence-corrected chi connectivity index (χ1v) is 9.92. The van der Waals surface area contributed by atoms with Crippen LogP contribution in [0.25, 0.3) is 0 Å². The van der Waals surface area contributed by atoms with Crippen LogP contribution in [-0.2, 0) is 11.2 Å². The number of rotatable bonds is 5. The zero-order chi connectivity index (χ0) is 21.0. The first kappa shape index (κ1) is 21.3. The number of methoxy groups -OCH3 is 2. The predicted molar refractivity (Wildman–Crippen MR) is 112 cm³/mol. The average molecular weight is 437 g/mol. The van der Waals surface area contributed by atoms with Gasteiger partial charge in [-0.25, -0.2) is 0 Å². The number of carbonyl (C=O) groups is 2. The summed E-state index contributed by atoms with van der Waals surface area (Å²) >= 11 is 12.2. The minimum atomic E-state index is -0.181. The van der Waals surface area contributed by atoms with Crippen molar-refractivity contribution in [3.8, 4) is 11.5 Å². The topological polar surface area (TPSA) is 59.1 Å². The molecule has 3 rings (SSSR count). The molecule has 6 nitrogen and oxygen atoms in total. The Kier molecular flexibility index (Phi) is 6.87. The molecule has 0 radical (unpaired) electrons. The molecule has 0 aromatic heterocycles. The SMILES string of the molecule is COc1ccc(OC)c(CC(=O)N2CCN(C(=O)c3cccc(Cl)c3Cl)CC2)c1. The summed E-state index contributed by atoms with van der Waals surface area (Å²) in [7, 11) is 3.15. The van der Waals surface area contributed by atoms with E-state index in [2.05, 4.69) is 0 Å². The van der Waals surface area contributed by atoms with Crippen molar-refractivity contribution in [2.24, 2.45) is 0 Å². The standard InChI is InChI=1S/C21H22Cl2N2O4/c1-28-15-6-7-18(29-2)14(12-15)13-19(26)24-8-10-25(11-9-24)21(27)16-4-3-5-17(22)20(16)23/h3-7,12H,8-11,13H2,1-2H3. The van der Waals surface area contributed by atoms with Crippen molar-refractivity contribution >= 4 is 35.0 Å². The molecular formula is C21H22Cl2N2O4. The highest BCUT2D eigenvalue weighted by Gasteiger charge is 2.26. The molecule has 1 aliphatic heterocycles. The van der Waals surface area contributed by atoms with Gasteiger partial charge in [0, 0.05) is 31.7 Å². The van der Waals surface area contributed by atoms with Crippen LogP contribution >= 0.6 is 23.2 Å². The lowest BCUT2D eigenvalue weighted by molar-refractivity contribution is -0.131. The number of hydrogen-bond donors (Lipinski definition) is 0. The van der Waals surface area contributed by atoms with E-state index in [0.29, 0.717) is 48.3 Å². The fourth-order valence-electron chi connectivity index (χ4n) is 3.29. The van der Waals surface area contributed by atoms with Gasteiger partial charge in [-0.3, -0.25) is 9.59 Å². The number of amides is 2. The zero-order valence-electron chi connectivity index (χ0n) is 16.3. The second-order valence-electron chi connectivity index (χ2n) is 6.63. The largest absolute Gasteiger partial charge is 0.497 e. The van der Waals surface area contributed by atoms with Gasteiger partial charge in [0.2, 0.25) is 5.91 Å². The third-order valence-electron chi connectivity index (χ3n) is 4.93. The smallest absolute Gasteiger partial charge is 0.255 e. The molecule has 0 aliphatic carbocycles. The molecule has 0 spiro atoms. The lowest BCUT2D eigenvalue weighted by atomic mass is 10.1. The van der Waals surface area contributed by atoms with Crippen molar-refractivity contribution in [3.63, 3.8) is 0 Å². The molecular weight excluding hydrogens is 415 g/mol. The van der Waals surface area contributed by atoms with Gasteiger partial charge in [-0.05, 0) is 30.3 Å². The van der Waals surface area contributed by atoms with Crippen LogP contribution < -0.4 is 9.47 Å². The minimum Gasteiger partial charge on any atom is -0.497 e. The van der Waals surface area contributed by atoms with Gasteiger partial charge in [0.25, 0.3) is 5.91 Å². The van der Waals surface area contributed by atoms with Crippen molar-refractivity contribution in [2.75, 3.05) is 40.4 Å². The molecule has 1 aliphatic rings. The van der Waals surface area contributed by atoms with E-state index in [9.17, 15) is 9.59 Å². The number of hydrogen-bond acceptors (Lipinski definition) is 4. The van der Waals surface area contributed by atoms with Crippen LogP contribution in [0, 0.1) is 0 Å². The van der Waals surface area contributed by atoms with Crippen LogP contribution in [-0.4, -0.2) is 62.0 Å². The Hall–Kier alpha value is -2.44. The van der Waals surface area contributed by atoms with E-state index in [1.807, 2.05) is 0 Å². The molecule has 0 N–H and O–H groups in total. The highest BCUT2D eigenvalue weighted by atomic mass is 35.5. The fraction of sp³-hybridized carbons (Fsp3) is 0.333. The molecule has 1 heterocycles. The van der Waals surface area contributed by atoms with Crippen molar-refractivity contribution in [3.05, 3.63) is 57.6 Å². The number of carbonyl (C=O) groups excluding carboxylic acids is 2. The first-order valence-electron chi connectivity index (χ1n) is 9.16. The summed E-state index contributed by atoms with van der Waals surface area (Å²) in [5.41, 5.74) is 1.14. The summed E-state index contributed by atoms with van der Waals surface area (Å²) in [6.07, 6.45) is 0.203. The third-order valence-corrected chi connectivity index (χ3v) is 5.75. The molecule has 0 bridgehead atoms. The van der Waals surface area contributed by atoms with Gasteiger partial charge in [0.1, 0.15) is 11.5 Å². The molecule has 2 amide bonds. The highest BCUT2D eigenvalue weighted by Crippen LogP contribution is 2.27. The highest BCUT2D eigenvalue weighted by molar-refractivity contribution is 6.43. The van der Waals surface area contributed by atoms with E-state index < -0.39 is 0 Å². The second-order valence-corrected chi connectivity index (χ2v) is 7.41. The summed E-state index contributed by atoms with van der Waals surface area (Å²) in [4.78, 5) is 29.0. The van der Waals surface area contributed by atoms with E-state index in [4.69, 9.17) is 32.7 Å². The molecule has 0 atom stereocenters. The number of benzene rings is 2. The second kappa shape index (κ2) is 9.37. The fourth-order valence-corrected chi connectivity index (χ4v) is 3.67. The zero-order valence-corrected chi connectivity index (χ0v) is 17.8. The maximum Gasteiger partial charge on any atom is 0.255 e. The van der Waals surface area contributed by atoms with Gasteiger partial charge in [0.05, 0.1) is 36.2 Å². The van der Waals surface area contributed by atoms with Gasteiger partial charge in [-0.15, -0.1) is 0 Å². The van der Waals surface area contributed by atoms with Gasteiger partial charge in [0.15, 0.2) is 0 Å². The van der Waals surface area contributed by atoms with E-state index in [-0.39, 0.29) is 23.3 Å². The van der Waals surface area contributed by atoms with Gasteiger partial charge < -0.3 is 19.3 Å². The van der Waals surface area contributed by atoms with Crippen LogP contribution in [0.2, 0.25) is 10.0 Å². The van der Waals surface area contributed by atoms with Gasteiger partial charge >= 0.3 is 0 Å². The average Bonchev–Trinajstić information content (AvgIpc) is 2.75. The van der Waals surface area contributed by atoms with Crippen LogP contribution in [0.1, 0.15) is 15.9 Å². The summed E-state index contributed by atoms with van der Waals surface area (Å²) in [5, 5.41) is 0.598. The van der Waals surface area contributed by atoms with Crippen LogP contribution in [0.15, 0.2) is 36.4 Å². The summed E-state index contributed by atoms with van der Waals surface area (Å²) in [5.74, 6) is 1.11. The Morgan fingerprint density at radius 2 is 1.66 bits per heavy atom. The van der Waals surface area contributed by atoms with Crippen LogP contribution in [0.3, 0.4) is 0 Å². The summed E-state index contributed by atoms with van der Waals surface area (Å²) in [6, 6.07) is 10.4. The Morgan fingerprint density at radius 3 is 2.31 bits per heavy atom. The Balaban J connectivity index is 1.63. The lowest BCUT2D eigenvalue weighted by Gasteiger charge is -2.35. The maximum atomic E-state index is 12.8. The van der Waals surface area contributed by atoms with Crippen molar-refractivity contribution in [1.82, 2.24) is 9.80 Å². The molecule has 8 heteroatoms. The molecule has 1 saturated heterocycles. The van der Waals surface area contributed by atoms with Gasteiger partial charge in [-0.2, -0.15) is 0 Å². The van der Waals surface area contributed by atoms with Crippen LogP contribution in [0.4, 0.5) is 0 Å². The van der Waals surface area contributed by atoms with Crippen molar-refractivity contribution in [1.29, 1.82) is 0 Å². The molecule has 2 aromatic rings. The lowest BCUT2D eigenvalue weighted by Crippen LogP contribution is -2.51. The number of halogens is 2. The first-order chi connectivity index (χ1) is 13.9. The summed E-state index contributed by atoms with van der Waals surface area (Å²) in [6.45, 7) is 1.77. The van der Waals surface area contributed by atoms with E-state index in [1.54, 1.807) is 60.4 Å². The number of ether oxygens (including phenoxy) is 2. The predicted octanol–water partition coefficient (Wildman–Crippen LogP) is 3.54. The third kappa shape index (κ3) is 4.77. The molecule has 29 heavy (non-hydrogen) atoms. The number of piperazine rings is 1. The van der Waals surface area contributed by atoms with Crippen molar-refractivity contribution < 1.29 is 19.1 Å². The van der Waals surface area contributed by atoms with Crippen molar-refractivity contribution in [2.45, 2.75) is 6.42 Å². The molecule has 2 aromatic carbocycles. The quantitative estimate of drug-likeness (QED) is 0.718. The minimum absolute atomic E-state index is 0.0237. The van der Waals surface area contributed by atoms with Gasteiger partial charge in [-0.1, -0.05) is 29.3 Å². The molecule has 0 saturated carbocycles.